The normalized spacial score (nSPS) is 10.8. The third-order valence-electron chi connectivity index (χ3n) is 1.01. The third-order valence-corrected chi connectivity index (χ3v) is 1.01. The minimum Gasteiger partial charge on any atom is -0.368 e. The van der Waals surface area contributed by atoms with Crippen LogP contribution in [0.3, 0.4) is 0 Å². The minimum absolute atomic E-state index is 0.00435. The van der Waals surface area contributed by atoms with Crippen molar-refractivity contribution in [3.8, 4) is 0 Å². The molecule has 0 unspecified atom stereocenters. The number of anilines is 1. The van der Waals surface area contributed by atoms with Crippen molar-refractivity contribution in [1.29, 1.82) is 0 Å². The van der Waals surface area contributed by atoms with E-state index in [-0.39, 0.29) is 5.95 Å². The van der Waals surface area contributed by atoms with Crippen LogP contribution in [-0.2, 0) is 7.05 Å². The van der Waals surface area contributed by atoms with Gasteiger partial charge in [0.1, 0.15) is 0 Å². The summed E-state index contributed by atoms with van der Waals surface area (Å²) >= 11 is 0. The maximum absolute atomic E-state index is 11.8. The van der Waals surface area contributed by atoms with Crippen LogP contribution in [-0.4, -0.2) is 14.8 Å². The smallest absolute Gasteiger partial charge is 0.299 e. The molecule has 56 valence electrons. The molecule has 0 saturated carbocycles. The summed E-state index contributed by atoms with van der Waals surface area (Å²) in [6.45, 7) is 0. The fraction of sp³-hybridized carbons (Fsp3) is 0.500. The fourth-order valence-corrected chi connectivity index (χ4v) is 0.509. The van der Waals surface area contributed by atoms with E-state index < -0.39 is 12.2 Å². The van der Waals surface area contributed by atoms with Gasteiger partial charge in [-0.05, 0) is 0 Å². The molecule has 0 aliphatic heterocycles. The van der Waals surface area contributed by atoms with Gasteiger partial charge >= 0.3 is 0 Å². The van der Waals surface area contributed by atoms with Gasteiger partial charge in [0, 0.05) is 7.05 Å². The number of aromatic nitrogens is 3. The van der Waals surface area contributed by atoms with Gasteiger partial charge in [0.15, 0.2) is 0 Å². The summed E-state index contributed by atoms with van der Waals surface area (Å²) in [6, 6.07) is 0. The number of hydrogen-bond acceptors (Lipinski definition) is 3. The zero-order valence-corrected chi connectivity index (χ0v) is 5.25. The Morgan fingerprint density at radius 2 is 2.20 bits per heavy atom. The zero-order valence-electron chi connectivity index (χ0n) is 5.25. The molecule has 0 bridgehead atoms. The van der Waals surface area contributed by atoms with E-state index >= 15 is 0 Å². The van der Waals surface area contributed by atoms with Crippen molar-refractivity contribution in [2.45, 2.75) is 6.43 Å². The lowest BCUT2D eigenvalue weighted by molar-refractivity contribution is 0.140. The standard InChI is InChI=1S/C4H6F2N4/c1-10-4(7)8-3(9-10)2(5)6/h2H,1H3,(H2,7,8,9). The molecule has 10 heavy (non-hydrogen) atoms. The molecule has 0 radical (unpaired) electrons. The topological polar surface area (TPSA) is 56.7 Å². The van der Waals surface area contributed by atoms with Crippen molar-refractivity contribution in [2.24, 2.45) is 7.05 Å². The molecular weight excluding hydrogens is 142 g/mol. The van der Waals surface area contributed by atoms with Gasteiger partial charge in [0.2, 0.25) is 11.8 Å². The molecule has 4 nitrogen and oxygen atoms in total. The molecule has 6 heteroatoms. The van der Waals surface area contributed by atoms with Gasteiger partial charge in [-0.25, -0.2) is 13.5 Å². The Bertz CT molecular complexity index is 212. The number of hydrogen-bond donors (Lipinski definition) is 1. The number of nitrogen functional groups attached to an aromatic ring is 1. The van der Waals surface area contributed by atoms with Crippen molar-refractivity contribution >= 4 is 5.95 Å². The predicted molar refractivity (Wildman–Crippen MR) is 30.4 cm³/mol. The first-order chi connectivity index (χ1) is 4.61. The van der Waals surface area contributed by atoms with E-state index in [0.717, 1.165) is 4.68 Å². The number of rotatable bonds is 1. The van der Waals surface area contributed by atoms with Gasteiger partial charge in [-0.2, -0.15) is 4.98 Å². The zero-order chi connectivity index (χ0) is 7.72. The molecule has 1 rings (SSSR count). The average molecular weight is 148 g/mol. The first-order valence-electron chi connectivity index (χ1n) is 2.56. The summed E-state index contributed by atoms with van der Waals surface area (Å²) < 4.78 is 24.6. The molecule has 0 aliphatic carbocycles. The Kier molecular flexibility index (Phi) is 1.52. The van der Waals surface area contributed by atoms with Gasteiger partial charge in [-0.15, -0.1) is 5.10 Å². The Labute approximate surface area is 55.7 Å². The first-order valence-corrected chi connectivity index (χ1v) is 2.56. The lowest BCUT2D eigenvalue weighted by atomic mass is 10.7. The van der Waals surface area contributed by atoms with Crippen LogP contribution in [0.15, 0.2) is 0 Å². The number of nitrogens with zero attached hydrogens (tertiary/aromatic N) is 3. The molecule has 1 aromatic rings. The van der Waals surface area contributed by atoms with Crippen molar-refractivity contribution in [1.82, 2.24) is 14.8 Å². The van der Waals surface area contributed by atoms with E-state index in [2.05, 4.69) is 10.1 Å². The highest BCUT2D eigenvalue weighted by molar-refractivity contribution is 5.15. The first kappa shape index (κ1) is 6.91. The number of halogens is 2. The summed E-state index contributed by atoms with van der Waals surface area (Å²) in [5, 5.41) is 3.34. The molecule has 0 spiro atoms. The average Bonchev–Trinajstić information content (AvgIpc) is 2.13. The molecule has 0 aromatic carbocycles. The molecule has 0 atom stereocenters. The molecule has 0 saturated heterocycles. The van der Waals surface area contributed by atoms with Crippen LogP contribution in [0.1, 0.15) is 12.2 Å². The van der Waals surface area contributed by atoms with Crippen LogP contribution in [0, 0.1) is 0 Å². The van der Waals surface area contributed by atoms with Gasteiger partial charge in [0.25, 0.3) is 6.43 Å². The number of alkyl halides is 2. The van der Waals surface area contributed by atoms with Crippen LogP contribution in [0.4, 0.5) is 14.7 Å². The molecular formula is C4H6F2N4. The molecule has 0 amide bonds. The highest BCUT2D eigenvalue weighted by Crippen LogP contribution is 2.14. The van der Waals surface area contributed by atoms with E-state index in [0.29, 0.717) is 0 Å². The molecule has 2 N–H and O–H groups in total. The Balaban J connectivity index is 2.98. The predicted octanol–water partition coefficient (Wildman–Crippen LogP) is 0.335. The minimum atomic E-state index is -2.65. The quantitative estimate of drug-likeness (QED) is 0.624. The van der Waals surface area contributed by atoms with Crippen molar-refractivity contribution in [3.63, 3.8) is 0 Å². The van der Waals surface area contributed by atoms with E-state index in [1.165, 1.54) is 7.05 Å². The third kappa shape index (κ3) is 1.04. The van der Waals surface area contributed by atoms with Gasteiger partial charge in [0.05, 0.1) is 0 Å². The lowest BCUT2D eigenvalue weighted by Gasteiger charge is -1.86. The fourth-order valence-electron chi connectivity index (χ4n) is 0.509. The second-order valence-corrected chi connectivity index (χ2v) is 1.75. The Morgan fingerprint density at radius 3 is 2.40 bits per heavy atom. The largest absolute Gasteiger partial charge is 0.368 e. The summed E-state index contributed by atoms with van der Waals surface area (Å²) in [5.74, 6) is -0.532. The SMILES string of the molecule is Cn1nc(C(F)F)nc1N. The Hall–Kier alpha value is -1.20. The van der Waals surface area contributed by atoms with Crippen LogP contribution in [0.25, 0.3) is 0 Å². The van der Waals surface area contributed by atoms with Crippen LogP contribution < -0.4 is 5.73 Å². The summed E-state index contributed by atoms with van der Waals surface area (Å²) in [5.41, 5.74) is 5.13. The monoisotopic (exact) mass is 148 g/mol. The summed E-state index contributed by atoms with van der Waals surface area (Å²) in [6.07, 6.45) is -2.65. The van der Waals surface area contributed by atoms with Gasteiger partial charge in [-0.1, -0.05) is 0 Å². The second kappa shape index (κ2) is 2.20. The molecule has 1 heterocycles. The van der Waals surface area contributed by atoms with Crippen LogP contribution in [0.5, 0.6) is 0 Å². The molecule has 0 aliphatic rings. The molecule has 1 aromatic heterocycles. The number of aryl methyl sites for hydroxylation is 1. The maximum atomic E-state index is 11.8. The van der Waals surface area contributed by atoms with E-state index in [4.69, 9.17) is 5.73 Å². The number of nitrogens with two attached hydrogens (primary N) is 1. The summed E-state index contributed by atoms with van der Waals surface area (Å²) in [7, 11) is 1.45. The highest BCUT2D eigenvalue weighted by atomic mass is 19.3. The van der Waals surface area contributed by atoms with Crippen LogP contribution in [0.2, 0.25) is 0 Å². The lowest BCUT2D eigenvalue weighted by Crippen LogP contribution is -1.97. The van der Waals surface area contributed by atoms with E-state index in [1.54, 1.807) is 0 Å². The van der Waals surface area contributed by atoms with Gasteiger partial charge in [-0.3, -0.25) is 0 Å². The summed E-state index contributed by atoms with van der Waals surface area (Å²) in [4.78, 5) is 3.29. The maximum Gasteiger partial charge on any atom is 0.299 e. The van der Waals surface area contributed by atoms with Crippen molar-refractivity contribution in [2.75, 3.05) is 5.73 Å². The van der Waals surface area contributed by atoms with Crippen LogP contribution >= 0.6 is 0 Å². The second-order valence-electron chi connectivity index (χ2n) is 1.75. The van der Waals surface area contributed by atoms with Crippen molar-refractivity contribution in [3.05, 3.63) is 5.82 Å². The van der Waals surface area contributed by atoms with E-state index in [1.807, 2.05) is 0 Å². The van der Waals surface area contributed by atoms with Gasteiger partial charge < -0.3 is 5.73 Å². The van der Waals surface area contributed by atoms with E-state index in [9.17, 15) is 8.78 Å². The molecule has 0 fully saturated rings. The Morgan fingerprint density at radius 1 is 1.60 bits per heavy atom. The highest BCUT2D eigenvalue weighted by Gasteiger charge is 2.13. The van der Waals surface area contributed by atoms with Crippen molar-refractivity contribution < 1.29 is 8.78 Å².